The third kappa shape index (κ3) is 2.85. The van der Waals surface area contributed by atoms with E-state index in [1.54, 1.807) is 0 Å². The van der Waals surface area contributed by atoms with Gasteiger partial charge in [-0.2, -0.15) is 18.4 Å². The Morgan fingerprint density at radius 3 is 2.27 bits per heavy atom. The molecule has 1 N–H and O–H groups in total. The lowest BCUT2D eigenvalue weighted by atomic mass is 9.77. The zero-order valence-corrected chi connectivity index (χ0v) is 8.69. The van der Waals surface area contributed by atoms with Crippen LogP contribution in [0.4, 0.5) is 13.2 Å². The molecule has 1 aliphatic rings. The van der Waals surface area contributed by atoms with Gasteiger partial charge in [-0.3, -0.25) is 5.32 Å². The fourth-order valence-electron chi connectivity index (χ4n) is 2.10. The lowest BCUT2D eigenvalue weighted by molar-refractivity contribution is -0.184. The van der Waals surface area contributed by atoms with Crippen LogP contribution in [0.5, 0.6) is 0 Å². The van der Waals surface area contributed by atoms with Gasteiger partial charge in [-0.1, -0.05) is 6.92 Å². The highest BCUT2D eigenvalue weighted by atomic mass is 19.4. The molecular formula is C10H15F3N2. The molecule has 1 aliphatic carbocycles. The molecule has 0 aromatic heterocycles. The van der Waals surface area contributed by atoms with Crippen LogP contribution in [0.2, 0.25) is 0 Å². The van der Waals surface area contributed by atoms with Crippen molar-refractivity contribution in [2.24, 2.45) is 5.92 Å². The maximum absolute atomic E-state index is 12.4. The van der Waals surface area contributed by atoms with Gasteiger partial charge in [0.1, 0.15) is 5.54 Å². The summed E-state index contributed by atoms with van der Waals surface area (Å²) in [6.07, 6.45) is -3.40. The maximum Gasteiger partial charge on any atom is 0.391 e. The molecule has 0 bridgehead atoms. The molecule has 0 amide bonds. The molecule has 0 heterocycles. The average molecular weight is 220 g/mol. The summed E-state index contributed by atoms with van der Waals surface area (Å²) >= 11 is 0. The molecule has 1 fully saturated rings. The Hall–Kier alpha value is -0.760. The van der Waals surface area contributed by atoms with Crippen LogP contribution in [0.25, 0.3) is 0 Å². The van der Waals surface area contributed by atoms with E-state index in [0.717, 1.165) is 0 Å². The van der Waals surface area contributed by atoms with Gasteiger partial charge in [-0.15, -0.1) is 0 Å². The van der Waals surface area contributed by atoms with Crippen molar-refractivity contribution < 1.29 is 13.2 Å². The van der Waals surface area contributed by atoms with E-state index in [2.05, 4.69) is 11.4 Å². The molecule has 0 spiro atoms. The Morgan fingerprint density at radius 2 is 1.93 bits per heavy atom. The Morgan fingerprint density at radius 1 is 1.40 bits per heavy atom. The number of hydrogen-bond acceptors (Lipinski definition) is 2. The Kier molecular flexibility index (Phi) is 3.61. The van der Waals surface area contributed by atoms with Crippen molar-refractivity contribution in [3.8, 4) is 6.07 Å². The minimum Gasteiger partial charge on any atom is -0.300 e. The molecule has 0 saturated heterocycles. The van der Waals surface area contributed by atoms with Crippen LogP contribution in [-0.2, 0) is 0 Å². The topological polar surface area (TPSA) is 35.8 Å². The summed E-state index contributed by atoms with van der Waals surface area (Å²) in [6.45, 7) is 2.47. The zero-order valence-electron chi connectivity index (χ0n) is 8.69. The summed E-state index contributed by atoms with van der Waals surface area (Å²) in [5.41, 5.74) is -0.726. The highest BCUT2D eigenvalue weighted by Gasteiger charge is 2.45. The van der Waals surface area contributed by atoms with Crippen molar-refractivity contribution in [2.45, 2.75) is 44.3 Å². The molecule has 0 atom stereocenters. The Bertz CT molecular complexity index is 246. The van der Waals surface area contributed by atoms with Gasteiger partial charge in [0, 0.05) is 0 Å². The quantitative estimate of drug-likeness (QED) is 0.776. The van der Waals surface area contributed by atoms with Gasteiger partial charge in [-0.25, -0.2) is 0 Å². The largest absolute Gasteiger partial charge is 0.391 e. The number of halogens is 3. The minimum absolute atomic E-state index is 0.0596. The van der Waals surface area contributed by atoms with Gasteiger partial charge < -0.3 is 0 Å². The van der Waals surface area contributed by atoms with Gasteiger partial charge in [0.2, 0.25) is 0 Å². The predicted molar refractivity (Wildman–Crippen MR) is 50.0 cm³/mol. The molecule has 5 heteroatoms. The van der Waals surface area contributed by atoms with E-state index in [1.807, 2.05) is 6.92 Å². The van der Waals surface area contributed by atoms with E-state index in [1.165, 1.54) is 0 Å². The standard InChI is InChI=1S/C10H15F3N2/c1-2-15-9(7-14)5-3-8(4-6-9)10(11,12)13/h8,15H,2-6H2,1H3. The lowest BCUT2D eigenvalue weighted by Gasteiger charge is -2.36. The molecule has 0 aromatic rings. The molecule has 1 rings (SSSR count). The number of rotatable bonds is 2. The van der Waals surface area contributed by atoms with Crippen LogP contribution in [0.1, 0.15) is 32.6 Å². The van der Waals surface area contributed by atoms with E-state index in [9.17, 15) is 13.2 Å². The van der Waals surface area contributed by atoms with Crippen molar-refractivity contribution >= 4 is 0 Å². The summed E-state index contributed by atoms with van der Waals surface area (Å²) in [5.74, 6) is -1.22. The lowest BCUT2D eigenvalue weighted by Crippen LogP contribution is -2.48. The molecule has 0 radical (unpaired) electrons. The molecule has 86 valence electrons. The molecule has 0 unspecified atom stereocenters. The summed E-state index contributed by atoms with van der Waals surface area (Å²) in [6, 6.07) is 2.11. The molecule has 0 aliphatic heterocycles. The van der Waals surface area contributed by atoms with Crippen LogP contribution >= 0.6 is 0 Å². The third-order valence-electron chi connectivity index (χ3n) is 3.03. The van der Waals surface area contributed by atoms with Crippen LogP contribution in [-0.4, -0.2) is 18.3 Å². The maximum atomic E-state index is 12.4. The molecule has 2 nitrogen and oxygen atoms in total. The first-order valence-corrected chi connectivity index (χ1v) is 5.16. The van der Waals surface area contributed by atoms with Gasteiger partial charge in [0.15, 0.2) is 0 Å². The minimum atomic E-state index is -4.10. The van der Waals surface area contributed by atoms with Crippen molar-refractivity contribution in [3.63, 3.8) is 0 Å². The number of nitriles is 1. The van der Waals surface area contributed by atoms with Crippen LogP contribution in [0.15, 0.2) is 0 Å². The summed E-state index contributed by atoms with van der Waals surface area (Å²) in [4.78, 5) is 0. The molecule has 0 aromatic carbocycles. The monoisotopic (exact) mass is 220 g/mol. The first-order valence-electron chi connectivity index (χ1n) is 5.16. The highest BCUT2D eigenvalue weighted by molar-refractivity contribution is 5.09. The van der Waals surface area contributed by atoms with Crippen LogP contribution < -0.4 is 5.32 Å². The zero-order chi connectivity index (χ0) is 11.5. The molecular weight excluding hydrogens is 205 g/mol. The second-order valence-corrected chi connectivity index (χ2v) is 4.04. The predicted octanol–water partition coefficient (Wildman–Crippen LogP) is 2.61. The van der Waals surface area contributed by atoms with E-state index < -0.39 is 17.6 Å². The van der Waals surface area contributed by atoms with E-state index in [0.29, 0.717) is 19.4 Å². The molecule has 1 saturated carbocycles. The van der Waals surface area contributed by atoms with Gasteiger partial charge in [0.05, 0.1) is 12.0 Å². The normalized spacial score (nSPS) is 32.3. The van der Waals surface area contributed by atoms with Gasteiger partial charge in [0.25, 0.3) is 0 Å². The third-order valence-corrected chi connectivity index (χ3v) is 3.03. The second kappa shape index (κ2) is 4.40. The summed E-state index contributed by atoms with van der Waals surface area (Å²) in [7, 11) is 0. The Labute approximate surface area is 87.5 Å². The second-order valence-electron chi connectivity index (χ2n) is 4.04. The smallest absolute Gasteiger partial charge is 0.300 e. The van der Waals surface area contributed by atoms with Crippen molar-refractivity contribution in [1.29, 1.82) is 5.26 Å². The van der Waals surface area contributed by atoms with Crippen LogP contribution in [0.3, 0.4) is 0 Å². The molecule has 15 heavy (non-hydrogen) atoms. The van der Waals surface area contributed by atoms with Gasteiger partial charge >= 0.3 is 6.18 Å². The first kappa shape index (κ1) is 12.3. The van der Waals surface area contributed by atoms with E-state index in [4.69, 9.17) is 5.26 Å². The summed E-state index contributed by atoms with van der Waals surface area (Å²) < 4.78 is 37.1. The van der Waals surface area contributed by atoms with Crippen molar-refractivity contribution in [3.05, 3.63) is 0 Å². The van der Waals surface area contributed by atoms with E-state index >= 15 is 0 Å². The summed E-state index contributed by atoms with van der Waals surface area (Å²) in [5, 5.41) is 12.0. The highest BCUT2D eigenvalue weighted by Crippen LogP contribution is 2.40. The first-order chi connectivity index (χ1) is 6.93. The van der Waals surface area contributed by atoms with E-state index in [-0.39, 0.29) is 12.8 Å². The van der Waals surface area contributed by atoms with Crippen molar-refractivity contribution in [2.75, 3.05) is 6.54 Å². The number of alkyl halides is 3. The fraction of sp³-hybridized carbons (Fsp3) is 0.900. The van der Waals surface area contributed by atoms with Gasteiger partial charge in [-0.05, 0) is 32.2 Å². The average Bonchev–Trinajstić information content (AvgIpc) is 2.17. The number of nitrogens with one attached hydrogen (secondary N) is 1. The Balaban J connectivity index is 2.58. The fourth-order valence-corrected chi connectivity index (χ4v) is 2.10. The number of nitrogens with zero attached hydrogens (tertiary/aromatic N) is 1. The van der Waals surface area contributed by atoms with Crippen molar-refractivity contribution in [1.82, 2.24) is 5.32 Å². The SMILES string of the molecule is CCNC1(C#N)CCC(C(F)(F)F)CC1. The number of hydrogen-bond donors (Lipinski definition) is 1. The van der Waals surface area contributed by atoms with Crippen LogP contribution in [0, 0.1) is 17.2 Å².